The predicted octanol–water partition coefficient (Wildman–Crippen LogP) is 4.50. The van der Waals surface area contributed by atoms with Gasteiger partial charge in [-0.2, -0.15) is 0 Å². The predicted molar refractivity (Wildman–Crippen MR) is 113 cm³/mol. The molecule has 28 heavy (non-hydrogen) atoms. The van der Waals surface area contributed by atoms with Crippen molar-refractivity contribution in [1.29, 1.82) is 0 Å². The number of hydrogen-bond acceptors (Lipinski definition) is 5. The van der Waals surface area contributed by atoms with Gasteiger partial charge >= 0.3 is 5.97 Å². The average Bonchev–Trinajstić information content (AvgIpc) is 3.04. The molecule has 0 aliphatic heterocycles. The molecule has 6 heteroatoms. The van der Waals surface area contributed by atoms with E-state index in [4.69, 9.17) is 5.11 Å². The topological polar surface area (TPSA) is 98.0 Å². The summed E-state index contributed by atoms with van der Waals surface area (Å²) in [7, 11) is 0. The third-order valence-corrected chi connectivity index (χ3v) is 6.08. The zero-order valence-corrected chi connectivity index (χ0v) is 17.1. The molecular weight excluding hydrogens is 376 g/mol. The second-order valence-electron chi connectivity index (χ2n) is 7.09. The lowest BCUT2D eigenvalue weighted by atomic mass is 10.0. The van der Waals surface area contributed by atoms with Gasteiger partial charge in [0.1, 0.15) is 0 Å². The summed E-state index contributed by atoms with van der Waals surface area (Å²) in [5.74, 6) is -0.913. The van der Waals surface area contributed by atoms with Crippen molar-refractivity contribution in [2.24, 2.45) is 0 Å². The molecule has 0 saturated heterocycles. The van der Waals surface area contributed by atoms with Crippen molar-refractivity contribution in [2.45, 2.75) is 70.2 Å². The minimum atomic E-state index is -1.09. The van der Waals surface area contributed by atoms with Gasteiger partial charge in [0, 0.05) is 21.4 Å². The zero-order valence-electron chi connectivity index (χ0n) is 16.3. The van der Waals surface area contributed by atoms with E-state index in [9.17, 15) is 20.1 Å². The highest BCUT2D eigenvalue weighted by molar-refractivity contribution is 7.19. The molecule has 0 amide bonds. The molecule has 2 aromatic rings. The summed E-state index contributed by atoms with van der Waals surface area (Å²) in [4.78, 5) is 11.4. The van der Waals surface area contributed by atoms with E-state index < -0.39 is 24.3 Å². The van der Waals surface area contributed by atoms with Gasteiger partial charge in [-0.15, -0.1) is 11.3 Å². The van der Waals surface area contributed by atoms with Gasteiger partial charge in [0.05, 0.1) is 18.3 Å². The van der Waals surface area contributed by atoms with Gasteiger partial charge in [-0.3, -0.25) is 4.79 Å². The minimum Gasteiger partial charge on any atom is -0.481 e. The van der Waals surface area contributed by atoms with Gasteiger partial charge in [0.25, 0.3) is 0 Å². The second kappa shape index (κ2) is 11.3. The maximum atomic E-state index is 10.7. The van der Waals surface area contributed by atoms with Crippen LogP contribution in [0.3, 0.4) is 0 Å². The molecule has 3 atom stereocenters. The third-order valence-electron chi connectivity index (χ3n) is 4.79. The van der Waals surface area contributed by atoms with E-state index >= 15 is 0 Å². The third kappa shape index (κ3) is 6.41. The van der Waals surface area contributed by atoms with Crippen LogP contribution in [0.4, 0.5) is 0 Å². The Kier molecular flexibility index (Phi) is 9.12. The fourth-order valence-corrected chi connectivity index (χ4v) is 4.39. The van der Waals surface area contributed by atoms with Gasteiger partial charge in [0.2, 0.25) is 0 Å². The molecule has 0 saturated carbocycles. The lowest BCUT2D eigenvalue weighted by Gasteiger charge is -2.14. The first-order valence-electron chi connectivity index (χ1n) is 9.89. The number of aliphatic hydroxyl groups is 3. The van der Waals surface area contributed by atoms with Crippen LogP contribution in [0.5, 0.6) is 0 Å². The molecule has 0 radical (unpaired) electrons. The van der Waals surface area contributed by atoms with Crippen molar-refractivity contribution >= 4 is 33.5 Å². The van der Waals surface area contributed by atoms with E-state index in [0.29, 0.717) is 12.8 Å². The van der Waals surface area contributed by atoms with Gasteiger partial charge < -0.3 is 20.4 Å². The number of carboxylic acids is 1. The average molecular weight is 407 g/mol. The summed E-state index contributed by atoms with van der Waals surface area (Å²) in [6, 6.07) is 7.90. The molecular formula is C22H30O5S. The smallest absolute Gasteiger partial charge is 0.303 e. The molecule has 0 aliphatic rings. The number of hydrogen-bond donors (Lipinski definition) is 4. The van der Waals surface area contributed by atoms with Gasteiger partial charge in [-0.1, -0.05) is 56.5 Å². The Balaban J connectivity index is 2.16. The molecule has 0 aliphatic carbocycles. The van der Waals surface area contributed by atoms with E-state index in [0.717, 1.165) is 39.8 Å². The molecule has 2 rings (SSSR count). The van der Waals surface area contributed by atoms with Crippen molar-refractivity contribution < 1.29 is 25.2 Å². The number of benzene rings is 1. The van der Waals surface area contributed by atoms with Crippen molar-refractivity contribution in [1.82, 2.24) is 0 Å². The summed E-state index contributed by atoms with van der Waals surface area (Å²) in [5.41, 5.74) is 0.876. The summed E-state index contributed by atoms with van der Waals surface area (Å²) < 4.78 is 1.07. The van der Waals surface area contributed by atoms with E-state index in [-0.39, 0.29) is 12.8 Å². The fourth-order valence-electron chi connectivity index (χ4n) is 3.18. The first-order chi connectivity index (χ1) is 13.4. The summed E-state index contributed by atoms with van der Waals surface area (Å²) in [6.07, 6.45) is 4.96. The standard InChI is InChI=1S/C22H30O5S/c1-2-3-4-9-19(25)22-16(15-8-5-6-11-20(15)28-22)13-14-18(24)17(23)10-7-12-21(26)27/h5-6,8,11,13-14,17-19,23-25H,2-4,7,9-10,12H2,1H3,(H,26,27)/b14-13+/t17-,18+,19-/m0/s1. The lowest BCUT2D eigenvalue weighted by Crippen LogP contribution is -2.23. The molecule has 5 nitrogen and oxygen atoms in total. The maximum absolute atomic E-state index is 10.7. The maximum Gasteiger partial charge on any atom is 0.303 e. The van der Waals surface area contributed by atoms with Crippen LogP contribution in [0.15, 0.2) is 30.3 Å². The molecule has 0 bridgehead atoms. The van der Waals surface area contributed by atoms with Crippen molar-refractivity contribution in [3.63, 3.8) is 0 Å². The number of carboxylic acid groups (broad SMARTS) is 1. The van der Waals surface area contributed by atoms with E-state index in [1.807, 2.05) is 24.3 Å². The molecule has 1 aromatic heterocycles. The molecule has 1 aromatic carbocycles. The monoisotopic (exact) mass is 406 g/mol. The Hall–Kier alpha value is -1.73. The second-order valence-corrected chi connectivity index (χ2v) is 8.17. The van der Waals surface area contributed by atoms with E-state index in [1.165, 1.54) is 6.08 Å². The highest BCUT2D eigenvalue weighted by Gasteiger charge is 2.18. The minimum absolute atomic E-state index is 0.0310. The Labute approximate surface area is 170 Å². The number of fused-ring (bicyclic) bond motifs is 1. The number of carbonyl (C=O) groups is 1. The highest BCUT2D eigenvalue weighted by Crippen LogP contribution is 2.38. The van der Waals surface area contributed by atoms with Gasteiger partial charge in [0.15, 0.2) is 0 Å². The van der Waals surface area contributed by atoms with Crippen LogP contribution in [-0.4, -0.2) is 38.6 Å². The van der Waals surface area contributed by atoms with Crippen LogP contribution in [0.2, 0.25) is 0 Å². The number of thiophene rings is 1. The number of rotatable bonds is 12. The summed E-state index contributed by atoms with van der Waals surface area (Å²) >= 11 is 1.56. The first-order valence-corrected chi connectivity index (χ1v) is 10.7. The molecule has 0 fully saturated rings. The Bertz CT molecular complexity index is 782. The molecule has 0 unspecified atom stereocenters. The quantitative estimate of drug-likeness (QED) is 0.389. The van der Waals surface area contributed by atoms with Crippen LogP contribution in [-0.2, 0) is 4.79 Å². The van der Waals surface area contributed by atoms with Crippen LogP contribution < -0.4 is 0 Å². The Morgan fingerprint density at radius 1 is 1.11 bits per heavy atom. The summed E-state index contributed by atoms with van der Waals surface area (Å²) in [6.45, 7) is 2.13. The van der Waals surface area contributed by atoms with Crippen molar-refractivity contribution in [2.75, 3.05) is 0 Å². The zero-order chi connectivity index (χ0) is 20.5. The van der Waals surface area contributed by atoms with Gasteiger partial charge in [-0.25, -0.2) is 0 Å². The Morgan fingerprint density at radius 3 is 2.57 bits per heavy atom. The highest BCUT2D eigenvalue weighted by atomic mass is 32.1. The van der Waals surface area contributed by atoms with Crippen LogP contribution in [0, 0.1) is 0 Å². The first kappa shape index (κ1) is 22.6. The number of aliphatic hydroxyl groups excluding tert-OH is 3. The Morgan fingerprint density at radius 2 is 1.86 bits per heavy atom. The molecule has 1 heterocycles. The molecule has 4 N–H and O–H groups in total. The van der Waals surface area contributed by atoms with Crippen molar-refractivity contribution in [3.8, 4) is 0 Å². The van der Waals surface area contributed by atoms with Crippen LogP contribution in [0.25, 0.3) is 16.2 Å². The lowest BCUT2D eigenvalue weighted by molar-refractivity contribution is -0.137. The SMILES string of the molecule is CCCCC[C@H](O)c1sc2ccccc2c1/C=C/[C@@H](O)[C@@H](O)CCCC(=O)O. The number of unbranched alkanes of at least 4 members (excludes halogenated alkanes) is 2. The van der Waals surface area contributed by atoms with Crippen LogP contribution >= 0.6 is 11.3 Å². The van der Waals surface area contributed by atoms with E-state index in [1.54, 1.807) is 17.4 Å². The molecule has 154 valence electrons. The van der Waals surface area contributed by atoms with Crippen molar-refractivity contribution in [3.05, 3.63) is 40.8 Å². The van der Waals surface area contributed by atoms with Crippen LogP contribution in [0.1, 0.15) is 68.4 Å². The largest absolute Gasteiger partial charge is 0.481 e. The van der Waals surface area contributed by atoms with Gasteiger partial charge in [-0.05, 0) is 30.9 Å². The normalized spacial score (nSPS) is 15.1. The number of aliphatic carboxylic acids is 1. The fraction of sp³-hybridized carbons (Fsp3) is 0.500. The molecule has 0 spiro atoms. The summed E-state index contributed by atoms with van der Waals surface area (Å²) in [5, 5.41) is 40.6. The van der Waals surface area contributed by atoms with E-state index in [2.05, 4.69) is 6.92 Å².